The fourth-order valence-electron chi connectivity index (χ4n) is 1.29. The Hall–Kier alpha value is -0.960. The van der Waals surface area contributed by atoms with Gasteiger partial charge in [-0.15, -0.1) is 0 Å². The minimum absolute atomic E-state index is 0.0158. The van der Waals surface area contributed by atoms with Crippen molar-refractivity contribution in [3.8, 4) is 0 Å². The van der Waals surface area contributed by atoms with Crippen molar-refractivity contribution in [2.45, 2.75) is 19.8 Å². The average molecular weight is 255 g/mol. The highest BCUT2D eigenvalue weighted by Crippen LogP contribution is 2.21. The number of carbonyl (C=O) groups is 2. The smallest absolute Gasteiger partial charge is 0.164 e. The second kappa shape index (κ2) is 5.05. The maximum Gasteiger partial charge on any atom is 0.164 e. The third-order valence-corrected chi connectivity index (χ3v) is 2.59. The van der Waals surface area contributed by atoms with Crippen molar-refractivity contribution < 1.29 is 9.59 Å². The SMILES string of the molecule is CCCC(=O)c1c(Br)cccc1C=O. The molecule has 14 heavy (non-hydrogen) atoms. The van der Waals surface area contributed by atoms with E-state index in [-0.39, 0.29) is 5.78 Å². The third-order valence-electron chi connectivity index (χ3n) is 1.93. The number of hydrogen-bond donors (Lipinski definition) is 0. The van der Waals surface area contributed by atoms with Gasteiger partial charge in [0.25, 0.3) is 0 Å². The molecule has 3 heteroatoms. The van der Waals surface area contributed by atoms with Crippen molar-refractivity contribution in [3.05, 3.63) is 33.8 Å². The van der Waals surface area contributed by atoms with Crippen LogP contribution in [0.25, 0.3) is 0 Å². The molecular weight excluding hydrogens is 244 g/mol. The van der Waals surface area contributed by atoms with Gasteiger partial charge in [0.1, 0.15) is 0 Å². The molecule has 0 aliphatic rings. The standard InChI is InChI=1S/C11H11BrO2/c1-2-4-10(14)11-8(7-13)5-3-6-9(11)12/h3,5-7H,2,4H2,1H3. The van der Waals surface area contributed by atoms with E-state index in [4.69, 9.17) is 0 Å². The lowest BCUT2D eigenvalue weighted by Crippen LogP contribution is -2.03. The van der Waals surface area contributed by atoms with Gasteiger partial charge in [-0.05, 0) is 12.5 Å². The lowest BCUT2D eigenvalue weighted by molar-refractivity contribution is 0.0974. The molecule has 0 atom stereocenters. The summed E-state index contributed by atoms with van der Waals surface area (Å²) in [7, 11) is 0. The number of carbonyl (C=O) groups excluding carboxylic acids is 2. The first-order valence-corrected chi connectivity index (χ1v) is 5.27. The molecule has 1 aromatic rings. The molecule has 0 unspecified atom stereocenters. The number of rotatable bonds is 4. The first-order chi connectivity index (χ1) is 6.70. The predicted molar refractivity (Wildman–Crippen MR) is 58.8 cm³/mol. The van der Waals surface area contributed by atoms with Gasteiger partial charge >= 0.3 is 0 Å². The Balaban J connectivity index is 3.16. The number of hydrogen-bond acceptors (Lipinski definition) is 2. The van der Waals surface area contributed by atoms with Crippen LogP contribution in [-0.2, 0) is 0 Å². The van der Waals surface area contributed by atoms with E-state index < -0.39 is 0 Å². The van der Waals surface area contributed by atoms with Crippen molar-refractivity contribution >= 4 is 28.0 Å². The predicted octanol–water partition coefficient (Wildman–Crippen LogP) is 3.24. The normalized spacial score (nSPS) is 9.86. The highest BCUT2D eigenvalue weighted by Gasteiger charge is 2.13. The Morgan fingerprint density at radius 3 is 2.79 bits per heavy atom. The molecule has 0 aromatic heterocycles. The van der Waals surface area contributed by atoms with Crippen LogP contribution < -0.4 is 0 Å². The van der Waals surface area contributed by atoms with E-state index in [9.17, 15) is 9.59 Å². The molecule has 0 radical (unpaired) electrons. The lowest BCUT2D eigenvalue weighted by atomic mass is 10.0. The summed E-state index contributed by atoms with van der Waals surface area (Å²) in [6.07, 6.45) is 1.98. The second-order valence-corrected chi connectivity index (χ2v) is 3.85. The van der Waals surface area contributed by atoms with E-state index in [1.807, 2.05) is 6.92 Å². The van der Waals surface area contributed by atoms with Gasteiger partial charge in [0.2, 0.25) is 0 Å². The summed E-state index contributed by atoms with van der Waals surface area (Å²) in [6.45, 7) is 1.94. The molecule has 0 amide bonds. The molecule has 0 aliphatic heterocycles. The number of ketones is 1. The highest BCUT2D eigenvalue weighted by molar-refractivity contribution is 9.10. The van der Waals surface area contributed by atoms with Gasteiger partial charge in [-0.1, -0.05) is 35.0 Å². The fourth-order valence-corrected chi connectivity index (χ4v) is 1.89. The number of aldehydes is 1. The molecule has 0 bridgehead atoms. The molecule has 74 valence electrons. The molecule has 0 saturated heterocycles. The quantitative estimate of drug-likeness (QED) is 0.611. The van der Waals surface area contributed by atoms with Gasteiger partial charge in [0, 0.05) is 22.0 Å². The Kier molecular flexibility index (Phi) is 4.01. The summed E-state index contributed by atoms with van der Waals surface area (Å²) in [5, 5.41) is 0. The summed E-state index contributed by atoms with van der Waals surface area (Å²) < 4.78 is 0.695. The van der Waals surface area contributed by atoms with Crippen molar-refractivity contribution in [1.29, 1.82) is 0 Å². The Morgan fingerprint density at radius 1 is 1.50 bits per heavy atom. The van der Waals surface area contributed by atoms with Crippen molar-refractivity contribution in [1.82, 2.24) is 0 Å². The summed E-state index contributed by atoms with van der Waals surface area (Å²) in [4.78, 5) is 22.4. The zero-order valence-corrected chi connectivity index (χ0v) is 9.50. The van der Waals surface area contributed by atoms with Gasteiger partial charge < -0.3 is 0 Å². The molecule has 1 aromatic carbocycles. The lowest BCUT2D eigenvalue weighted by Gasteiger charge is -2.05. The van der Waals surface area contributed by atoms with Crippen LogP contribution in [0.2, 0.25) is 0 Å². The molecule has 0 N–H and O–H groups in total. The van der Waals surface area contributed by atoms with E-state index in [0.717, 1.165) is 6.42 Å². The fraction of sp³-hybridized carbons (Fsp3) is 0.273. The van der Waals surface area contributed by atoms with E-state index in [2.05, 4.69) is 15.9 Å². The Labute approximate surface area is 91.4 Å². The van der Waals surface area contributed by atoms with Gasteiger partial charge in [0.05, 0.1) is 0 Å². The summed E-state index contributed by atoms with van der Waals surface area (Å²) in [5.74, 6) is 0.0158. The number of benzene rings is 1. The molecule has 0 aliphatic carbocycles. The van der Waals surface area contributed by atoms with Crippen molar-refractivity contribution in [2.24, 2.45) is 0 Å². The molecule has 2 nitrogen and oxygen atoms in total. The zero-order chi connectivity index (χ0) is 10.6. The largest absolute Gasteiger partial charge is 0.298 e. The molecule has 1 rings (SSSR count). The van der Waals surface area contributed by atoms with Gasteiger partial charge in [-0.2, -0.15) is 0 Å². The highest BCUT2D eigenvalue weighted by atomic mass is 79.9. The summed E-state index contributed by atoms with van der Waals surface area (Å²) >= 11 is 3.28. The molecule has 0 fully saturated rings. The molecular formula is C11H11BrO2. The summed E-state index contributed by atoms with van der Waals surface area (Å²) in [5.41, 5.74) is 0.960. The zero-order valence-electron chi connectivity index (χ0n) is 7.92. The summed E-state index contributed by atoms with van der Waals surface area (Å²) in [6, 6.07) is 5.17. The van der Waals surface area contributed by atoms with E-state index in [1.54, 1.807) is 18.2 Å². The van der Waals surface area contributed by atoms with Crippen LogP contribution >= 0.6 is 15.9 Å². The minimum atomic E-state index is 0.0158. The van der Waals surface area contributed by atoms with Crippen LogP contribution in [0, 0.1) is 0 Å². The Bertz CT molecular complexity index is 358. The number of Topliss-reactive ketones (excluding diaryl/α,β-unsaturated/α-hetero) is 1. The van der Waals surface area contributed by atoms with E-state index in [0.29, 0.717) is 28.3 Å². The van der Waals surface area contributed by atoms with Gasteiger partial charge in [-0.3, -0.25) is 9.59 Å². The van der Waals surface area contributed by atoms with Crippen LogP contribution in [-0.4, -0.2) is 12.1 Å². The van der Waals surface area contributed by atoms with E-state index in [1.165, 1.54) is 0 Å². The molecule has 0 saturated carbocycles. The average Bonchev–Trinajstić information content (AvgIpc) is 2.17. The molecule has 0 heterocycles. The van der Waals surface area contributed by atoms with Crippen LogP contribution in [0.5, 0.6) is 0 Å². The monoisotopic (exact) mass is 254 g/mol. The van der Waals surface area contributed by atoms with E-state index >= 15 is 0 Å². The van der Waals surface area contributed by atoms with Crippen molar-refractivity contribution in [3.63, 3.8) is 0 Å². The third kappa shape index (κ3) is 2.29. The van der Waals surface area contributed by atoms with Crippen LogP contribution in [0.1, 0.15) is 40.5 Å². The van der Waals surface area contributed by atoms with Crippen LogP contribution in [0.3, 0.4) is 0 Å². The van der Waals surface area contributed by atoms with Gasteiger partial charge in [0.15, 0.2) is 12.1 Å². The molecule has 0 spiro atoms. The topological polar surface area (TPSA) is 34.1 Å². The Morgan fingerprint density at radius 2 is 2.21 bits per heavy atom. The van der Waals surface area contributed by atoms with Crippen LogP contribution in [0.15, 0.2) is 22.7 Å². The minimum Gasteiger partial charge on any atom is -0.298 e. The van der Waals surface area contributed by atoms with Crippen molar-refractivity contribution in [2.75, 3.05) is 0 Å². The number of halogens is 1. The maximum atomic E-state index is 11.7. The maximum absolute atomic E-state index is 11.7. The van der Waals surface area contributed by atoms with Crippen LogP contribution in [0.4, 0.5) is 0 Å². The second-order valence-electron chi connectivity index (χ2n) is 3.00. The first kappa shape index (κ1) is 11.1. The first-order valence-electron chi connectivity index (χ1n) is 4.47. The van der Waals surface area contributed by atoms with Gasteiger partial charge in [-0.25, -0.2) is 0 Å².